The van der Waals surface area contributed by atoms with Crippen molar-refractivity contribution in [3.8, 4) is 0 Å². The fraction of sp³-hybridized carbons (Fsp3) is 0.318. The average Bonchev–Trinajstić information content (AvgIpc) is 3.42. The standard InChI is InChI=1S/C22H26N6O/c1-3-28-16(2)18(12-25-28)14-27-15-19(13-24-27)26-22(29)10-6-7-17-11-23-21-9-5-4-8-20(17)21/h4-5,8-9,11-13,15,23H,3,6-7,10,14H2,1-2H3,(H,26,29). The predicted octanol–water partition coefficient (Wildman–Crippen LogP) is 3.90. The minimum absolute atomic E-state index is 0.0133. The number of rotatable bonds is 8. The number of H-pyrrole nitrogens is 1. The fourth-order valence-electron chi connectivity index (χ4n) is 3.65. The van der Waals surface area contributed by atoms with Gasteiger partial charge in [0.1, 0.15) is 0 Å². The lowest BCUT2D eigenvalue weighted by atomic mass is 10.1. The molecule has 0 aliphatic heterocycles. The number of nitrogens with one attached hydrogen (secondary N) is 2. The smallest absolute Gasteiger partial charge is 0.224 e. The number of carbonyl (C=O) groups is 1. The summed E-state index contributed by atoms with van der Waals surface area (Å²) in [6, 6.07) is 8.24. The van der Waals surface area contributed by atoms with Gasteiger partial charge in [-0.3, -0.25) is 14.2 Å². The van der Waals surface area contributed by atoms with Crippen molar-refractivity contribution in [3.63, 3.8) is 0 Å². The molecule has 3 aromatic heterocycles. The van der Waals surface area contributed by atoms with Gasteiger partial charge >= 0.3 is 0 Å². The molecule has 4 aromatic rings. The first-order chi connectivity index (χ1) is 14.1. The molecule has 0 aliphatic rings. The topological polar surface area (TPSA) is 80.5 Å². The molecular weight excluding hydrogens is 364 g/mol. The number of aryl methyl sites for hydroxylation is 2. The molecule has 0 unspecified atom stereocenters. The van der Waals surface area contributed by atoms with Gasteiger partial charge in [0.05, 0.1) is 24.6 Å². The van der Waals surface area contributed by atoms with E-state index >= 15 is 0 Å². The van der Waals surface area contributed by atoms with E-state index in [4.69, 9.17) is 0 Å². The molecule has 4 rings (SSSR count). The van der Waals surface area contributed by atoms with Gasteiger partial charge in [-0.05, 0) is 38.3 Å². The number of amides is 1. The highest BCUT2D eigenvalue weighted by atomic mass is 16.1. The fourth-order valence-corrected chi connectivity index (χ4v) is 3.65. The summed E-state index contributed by atoms with van der Waals surface area (Å²) in [5, 5.41) is 12.9. The largest absolute Gasteiger partial charge is 0.361 e. The van der Waals surface area contributed by atoms with Crippen LogP contribution < -0.4 is 5.32 Å². The number of hydrogen-bond donors (Lipinski definition) is 2. The Labute approximate surface area is 169 Å². The van der Waals surface area contributed by atoms with E-state index in [2.05, 4.69) is 46.5 Å². The van der Waals surface area contributed by atoms with Crippen LogP contribution in [-0.4, -0.2) is 30.5 Å². The van der Waals surface area contributed by atoms with Gasteiger partial charge in [0.2, 0.25) is 5.91 Å². The van der Waals surface area contributed by atoms with E-state index < -0.39 is 0 Å². The predicted molar refractivity (Wildman–Crippen MR) is 114 cm³/mol. The third-order valence-corrected chi connectivity index (χ3v) is 5.28. The van der Waals surface area contributed by atoms with Gasteiger partial charge in [0.25, 0.3) is 0 Å². The van der Waals surface area contributed by atoms with E-state index in [0.29, 0.717) is 13.0 Å². The van der Waals surface area contributed by atoms with Gasteiger partial charge in [-0.25, -0.2) is 0 Å². The number of aromatic amines is 1. The van der Waals surface area contributed by atoms with Crippen LogP contribution in [0.3, 0.4) is 0 Å². The number of fused-ring (bicyclic) bond motifs is 1. The lowest BCUT2D eigenvalue weighted by molar-refractivity contribution is -0.116. The van der Waals surface area contributed by atoms with Crippen molar-refractivity contribution in [2.24, 2.45) is 0 Å². The molecule has 3 heterocycles. The molecular formula is C22H26N6O. The summed E-state index contributed by atoms with van der Waals surface area (Å²) >= 11 is 0. The van der Waals surface area contributed by atoms with Gasteiger partial charge in [-0.1, -0.05) is 18.2 Å². The van der Waals surface area contributed by atoms with Crippen molar-refractivity contribution < 1.29 is 4.79 Å². The Morgan fingerprint density at radius 2 is 2.03 bits per heavy atom. The van der Waals surface area contributed by atoms with Crippen LogP contribution in [0.15, 0.2) is 49.1 Å². The molecule has 0 radical (unpaired) electrons. The lowest BCUT2D eigenvalue weighted by Gasteiger charge is -2.04. The maximum atomic E-state index is 12.3. The Morgan fingerprint density at radius 1 is 1.17 bits per heavy atom. The van der Waals surface area contributed by atoms with E-state index in [1.165, 1.54) is 10.9 Å². The molecule has 0 aliphatic carbocycles. The Morgan fingerprint density at radius 3 is 2.86 bits per heavy atom. The molecule has 7 heteroatoms. The first-order valence-corrected chi connectivity index (χ1v) is 10.0. The quantitative estimate of drug-likeness (QED) is 0.479. The summed E-state index contributed by atoms with van der Waals surface area (Å²) in [7, 11) is 0. The van der Waals surface area contributed by atoms with Crippen molar-refractivity contribution in [2.75, 3.05) is 5.32 Å². The van der Waals surface area contributed by atoms with Crippen LogP contribution in [0.1, 0.15) is 36.6 Å². The minimum Gasteiger partial charge on any atom is -0.361 e. The molecule has 0 atom stereocenters. The Hall–Kier alpha value is -3.35. The highest BCUT2D eigenvalue weighted by Crippen LogP contribution is 2.19. The summed E-state index contributed by atoms with van der Waals surface area (Å²) < 4.78 is 3.79. The molecule has 7 nitrogen and oxygen atoms in total. The van der Waals surface area contributed by atoms with Crippen LogP contribution in [0.4, 0.5) is 5.69 Å². The molecule has 29 heavy (non-hydrogen) atoms. The van der Waals surface area contributed by atoms with Gasteiger partial charge in [0, 0.05) is 47.5 Å². The Balaban J connectivity index is 1.28. The normalized spacial score (nSPS) is 11.2. The van der Waals surface area contributed by atoms with Gasteiger partial charge in [-0.2, -0.15) is 10.2 Å². The number of benzene rings is 1. The second-order valence-corrected chi connectivity index (χ2v) is 7.26. The van der Waals surface area contributed by atoms with Crippen LogP contribution in [0.2, 0.25) is 0 Å². The zero-order chi connectivity index (χ0) is 20.2. The van der Waals surface area contributed by atoms with E-state index in [9.17, 15) is 4.79 Å². The number of aromatic nitrogens is 5. The van der Waals surface area contributed by atoms with E-state index in [0.717, 1.165) is 41.8 Å². The van der Waals surface area contributed by atoms with Gasteiger partial charge in [0.15, 0.2) is 0 Å². The number of hydrogen-bond acceptors (Lipinski definition) is 3. The summed E-state index contributed by atoms with van der Waals surface area (Å²) in [6.45, 7) is 5.63. The molecule has 2 N–H and O–H groups in total. The zero-order valence-electron chi connectivity index (χ0n) is 16.9. The van der Waals surface area contributed by atoms with Crippen LogP contribution in [0, 0.1) is 6.92 Å². The van der Waals surface area contributed by atoms with Crippen LogP contribution in [0.5, 0.6) is 0 Å². The molecule has 1 amide bonds. The van der Waals surface area contributed by atoms with E-state index in [-0.39, 0.29) is 5.91 Å². The second kappa shape index (κ2) is 8.34. The Bertz CT molecular complexity index is 1120. The van der Waals surface area contributed by atoms with Crippen molar-refractivity contribution in [1.82, 2.24) is 24.5 Å². The minimum atomic E-state index is 0.0133. The maximum Gasteiger partial charge on any atom is 0.224 e. The number of para-hydroxylation sites is 1. The second-order valence-electron chi connectivity index (χ2n) is 7.26. The molecule has 0 saturated heterocycles. The zero-order valence-corrected chi connectivity index (χ0v) is 16.9. The summed E-state index contributed by atoms with van der Waals surface area (Å²) in [6.07, 6.45) is 9.62. The SMILES string of the molecule is CCn1ncc(Cn2cc(NC(=O)CCCc3c[nH]c4ccccc34)cn2)c1C. The first-order valence-electron chi connectivity index (χ1n) is 10.0. The molecule has 1 aromatic carbocycles. The van der Waals surface area contributed by atoms with Crippen LogP contribution in [-0.2, 0) is 24.3 Å². The third-order valence-electron chi connectivity index (χ3n) is 5.28. The van der Waals surface area contributed by atoms with Crippen molar-refractivity contribution in [2.45, 2.75) is 46.2 Å². The highest BCUT2D eigenvalue weighted by molar-refractivity contribution is 5.90. The van der Waals surface area contributed by atoms with Crippen molar-refractivity contribution >= 4 is 22.5 Å². The first kappa shape index (κ1) is 19.0. The van der Waals surface area contributed by atoms with Crippen molar-refractivity contribution in [3.05, 3.63) is 65.9 Å². The van der Waals surface area contributed by atoms with Gasteiger partial charge in [-0.15, -0.1) is 0 Å². The number of carbonyl (C=O) groups excluding carboxylic acids is 1. The van der Waals surface area contributed by atoms with E-state index in [1.807, 2.05) is 40.1 Å². The summed E-state index contributed by atoms with van der Waals surface area (Å²) in [5.74, 6) is 0.0133. The van der Waals surface area contributed by atoms with Crippen LogP contribution >= 0.6 is 0 Å². The number of anilines is 1. The lowest BCUT2D eigenvalue weighted by Crippen LogP contribution is -2.11. The third kappa shape index (κ3) is 4.23. The Kier molecular flexibility index (Phi) is 5.46. The average molecular weight is 390 g/mol. The monoisotopic (exact) mass is 390 g/mol. The maximum absolute atomic E-state index is 12.3. The van der Waals surface area contributed by atoms with E-state index in [1.54, 1.807) is 6.20 Å². The molecule has 0 bridgehead atoms. The highest BCUT2D eigenvalue weighted by Gasteiger charge is 2.09. The van der Waals surface area contributed by atoms with Crippen molar-refractivity contribution in [1.29, 1.82) is 0 Å². The molecule has 0 fully saturated rings. The van der Waals surface area contributed by atoms with Crippen LogP contribution in [0.25, 0.3) is 10.9 Å². The number of nitrogens with zero attached hydrogens (tertiary/aromatic N) is 4. The van der Waals surface area contributed by atoms with Gasteiger partial charge < -0.3 is 10.3 Å². The summed E-state index contributed by atoms with van der Waals surface area (Å²) in [5.41, 5.74) is 5.39. The molecule has 0 saturated carbocycles. The molecule has 150 valence electrons. The molecule has 0 spiro atoms. The summed E-state index contributed by atoms with van der Waals surface area (Å²) in [4.78, 5) is 15.6.